The van der Waals surface area contributed by atoms with Gasteiger partial charge in [0.2, 0.25) is 5.91 Å². The predicted octanol–water partition coefficient (Wildman–Crippen LogP) is 1.33. The second-order valence-electron chi connectivity index (χ2n) is 12.0. The molecule has 0 bridgehead atoms. The third kappa shape index (κ3) is 14.5. The van der Waals surface area contributed by atoms with Gasteiger partial charge in [-0.15, -0.1) is 0 Å². The number of Topliss-reactive ketones (excluding diaryl/α,β-unsaturated/α-hetero) is 1. The van der Waals surface area contributed by atoms with E-state index < -0.39 is 48.2 Å². The van der Waals surface area contributed by atoms with Gasteiger partial charge in [-0.3, -0.25) is 19.2 Å². The van der Waals surface area contributed by atoms with Crippen molar-refractivity contribution >= 4 is 29.3 Å². The highest BCUT2D eigenvalue weighted by Gasteiger charge is 2.47. The van der Waals surface area contributed by atoms with Gasteiger partial charge in [0.15, 0.2) is 0 Å². The Morgan fingerprint density at radius 1 is 0.771 bits per heavy atom. The second-order valence-corrected chi connectivity index (χ2v) is 12.0. The molecule has 0 aliphatic heterocycles. The number of aliphatic hydroxyl groups is 3. The zero-order chi connectivity index (χ0) is 35.6. The molecule has 5 N–H and O–H groups in total. The molecule has 0 heterocycles. The number of carbonyl (C=O) groups excluding carboxylic acids is 3. The molecule has 1 fully saturated rings. The molecule has 0 spiro atoms. The quantitative estimate of drug-likeness (QED) is 0.0812. The van der Waals surface area contributed by atoms with E-state index in [2.05, 4.69) is 5.32 Å². The van der Waals surface area contributed by atoms with E-state index in [1.165, 1.54) is 12.1 Å². The van der Waals surface area contributed by atoms with Crippen LogP contribution in [0.15, 0.2) is 18.2 Å². The van der Waals surface area contributed by atoms with Gasteiger partial charge in [0, 0.05) is 18.8 Å². The van der Waals surface area contributed by atoms with Crippen LogP contribution in [0.1, 0.15) is 52.5 Å². The lowest BCUT2D eigenvalue weighted by atomic mass is 9.80. The van der Waals surface area contributed by atoms with Gasteiger partial charge in [0.25, 0.3) is 0 Å². The Labute approximate surface area is 280 Å². The maximum atomic E-state index is 12.7. The first-order chi connectivity index (χ1) is 22.8. The van der Waals surface area contributed by atoms with E-state index in [1.807, 2.05) is 13.8 Å². The number of ketones is 1. The Morgan fingerprint density at radius 2 is 1.33 bits per heavy atom. The number of hydrogen-bond acceptors (Lipinski definition) is 13. The van der Waals surface area contributed by atoms with Crippen LogP contribution in [-0.4, -0.2) is 121 Å². The summed E-state index contributed by atoms with van der Waals surface area (Å²) in [5.74, 6) is -3.74. The third-order valence-electron chi connectivity index (χ3n) is 7.47. The van der Waals surface area contributed by atoms with Gasteiger partial charge in [-0.25, -0.2) is 0 Å². The van der Waals surface area contributed by atoms with E-state index in [9.17, 15) is 39.6 Å². The van der Waals surface area contributed by atoms with Gasteiger partial charge >= 0.3 is 11.9 Å². The van der Waals surface area contributed by atoms with Crippen molar-refractivity contribution < 1.29 is 68.0 Å². The van der Waals surface area contributed by atoms with Crippen molar-refractivity contribution in [2.45, 2.75) is 78.0 Å². The van der Waals surface area contributed by atoms with Crippen molar-refractivity contribution in [1.82, 2.24) is 0 Å². The minimum atomic E-state index is -1.77. The Kier molecular flexibility index (Phi) is 18.5. The first-order valence-electron chi connectivity index (χ1n) is 16.2. The molecule has 15 heteroatoms. The molecule has 272 valence electrons. The minimum absolute atomic E-state index is 0.00561. The van der Waals surface area contributed by atoms with Crippen LogP contribution < -0.4 is 10.1 Å². The standard InChI is InChI=1S/C33H51NO14/c1-20(2)25(35)7-9-43-11-13-45-15-16-46-14-12-44-10-8-28(36)34-24-6-5-22(19-47-33(42)21(3)4)17-26(24)48-27-18-23(32(40)41)29(37)31(39)30(27)38/h5-6,17,20-21,23,27,29-31,37-39H,7-16,18-19H2,1-4H3,(H,34,36)(H,40,41)/t23-,27+,29+,30-,31-/m0/s1. The molecule has 1 aromatic carbocycles. The largest absolute Gasteiger partial charge is 0.485 e. The Hall–Kier alpha value is -3.18. The number of benzene rings is 1. The van der Waals surface area contributed by atoms with Crippen molar-refractivity contribution in [3.8, 4) is 5.75 Å². The van der Waals surface area contributed by atoms with Crippen LogP contribution in [0.25, 0.3) is 0 Å². The molecule has 1 saturated carbocycles. The molecule has 5 atom stereocenters. The number of esters is 1. The van der Waals surface area contributed by atoms with Crippen molar-refractivity contribution in [3.05, 3.63) is 23.8 Å². The zero-order valence-electron chi connectivity index (χ0n) is 28.1. The van der Waals surface area contributed by atoms with Gasteiger partial charge in [-0.2, -0.15) is 0 Å². The summed E-state index contributed by atoms with van der Waals surface area (Å²) >= 11 is 0. The van der Waals surface area contributed by atoms with Gasteiger partial charge in [-0.05, 0) is 17.7 Å². The molecule has 15 nitrogen and oxygen atoms in total. The molecular weight excluding hydrogens is 634 g/mol. The first-order valence-corrected chi connectivity index (χ1v) is 16.2. The smallest absolute Gasteiger partial charge is 0.309 e. The summed E-state index contributed by atoms with van der Waals surface area (Å²) < 4.78 is 32.9. The average molecular weight is 686 g/mol. The number of nitrogens with one attached hydrogen (secondary N) is 1. The Morgan fingerprint density at radius 3 is 1.88 bits per heavy atom. The van der Waals surface area contributed by atoms with Gasteiger partial charge in [0.1, 0.15) is 36.5 Å². The van der Waals surface area contributed by atoms with Crippen LogP contribution in [0.4, 0.5) is 5.69 Å². The summed E-state index contributed by atoms with van der Waals surface area (Å²) in [7, 11) is 0. The highest BCUT2D eigenvalue weighted by Crippen LogP contribution is 2.33. The fraction of sp³-hybridized carbons (Fsp3) is 0.697. The average Bonchev–Trinajstić information content (AvgIpc) is 3.04. The number of carbonyl (C=O) groups is 4. The third-order valence-corrected chi connectivity index (χ3v) is 7.47. The fourth-order valence-electron chi connectivity index (χ4n) is 4.50. The van der Waals surface area contributed by atoms with Crippen LogP contribution in [0.5, 0.6) is 5.75 Å². The molecular formula is C33H51NO14. The van der Waals surface area contributed by atoms with Crippen LogP contribution in [-0.2, 0) is 49.5 Å². The van der Waals surface area contributed by atoms with E-state index >= 15 is 0 Å². The number of aliphatic hydroxyl groups excluding tert-OH is 3. The number of anilines is 1. The Balaban J connectivity index is 1.80. The predicted molar refractivity (Wildman–Crippen MR) is 170 cm³/mol. The molecule has 0 aromatic heterocycles. The highest BCUT2D eigenvalue weighted by molar-refractivity contribution is 5.92. The molecule has 1 amide bonds. The number of carboxylic acids is 1. The molecule has 48 heavy (non-hydrogen) atoms. The monoisotopic (exact) mass is 685 g/mol. The minimum Gasteiger partial charge on any atom is -0.485 e. The number of amides is 1. The van der Waals surface area contributed by atoms with Crippen LogP contribution in [0.2, 0.25) is 0 Å². The summed E-state index contributed by atoms with van der Waals surface area (Å²) in [5, 5.41) is 43.0. The summed E-state index contributed by atoms with van der Waals surface area (Å²) in [4.78, 5) is 47.8. The summed E-state index contributed by atoms with van der Waals surface area (Å²) in [6.07, 6.45) is -6.25. The normalized spacial score (nSPS) is 20.9. The Bertz CT molecular complexity index is 1160. The second kappa shape index (κ2) is 21.7. The van der Waals surface area contributed by atoms with Gasteiger partial charge in [0.05, 0.1) is 82.9 Å². The van der Waals surface area contributed by atoms with E-state index in [1.54, 1.807) is 19.9 Å². The number of carboxylic acid groups (broad SMARTS) is 1. The van der Waals surface area contributed by atoms with Crippen LogP contribution in [0, 0.1) is 17.8 Å². The number of aliphatic carboxylic acids is 1. The summed E-state index contributed by atoms with van der Waals surface area (Å²) in [6.45, 7) is 9.49. The van der Waals surface area contributed by atoms with E-state index in [-0.39, 0.29) is 61.7 Å². The van der Waals surface area contributed by atoms with E-state index in [0.29, 0.717) is 51.6 Å². The molecule has 1 aliphatic carbocycles. The van der Waals surface area contributed by atoms with Crippen LogP contribution in [0.3, 0.4) is 0 Å². The maximum absolute atomic E-state index is 12.7. The van der Waals surface area contributed by atoms with Crippen molar-refractivity contribution in [2.75, 3.05) is 58.2 Å². The topological polar surface area (TPSA) is 217 Å². The van der Waals surface area contributed by atoms with Gasteiger partial charge in [-0.1, -0.05) is 33.8 Å². The lowest BCUT2D eigenvalue weighted by Crippen LogP contribution is -2.57. The molecule has 2 rings (SSSR count). The molecule has 0 unspecified atom stereocenters. The number of ether oxygens (including phenoxy) is 6. The highest BCUT2D eigenvalue weighted by atomic mass is 16.6. The summed E-state index contributed by atoms with van der Waals surface area (Å²) in [6, 6.07) is 4.59. The van der Waals surface area contributed by atoms with E-state index in [0.717, 1.165) is 0 Å². The zero-order valence-corrected chi connectivity index (χ0v) is 28.1. The molecule has 0 radical (unpaired) electrons. The lowest BCUT2D eigenvalue weighted by molar-refractivity contribution is -0.174. The van der Waals surface area contributed by atoms with Crippen molar-refractivity contribution in [2.24, 2.45) is 17.8 Å². The van der Waals surface area contributed by atoms with E-state index in [4.69, 9.17) is 28.4 Å². The molecule has 1 aliphatic rings. The number of hydrogen-bond donors (Lipinski definition) is 5. The SMILES string of the molecule is CC(C)C(=O)CCOCCOCCOCCOCCC(=O)Nc1ccc(COC(=O)C(C)C)cc1O[C@@H]1C[C@H](C(=O)O)[C@@H](O)[C@H](O)[C@H]1O. The van der Waals surface area contributed by atoms with Crippen molar-refractivity contribution in [1.29, 1.82) is 0 Å². The van der Waals surface area contributed by atoms with Crippen LogP contribution >= 0.6 is 0 Å². The van der Waals surface area contributed by atoms with Gasteiger partial charge < -0.3 is 54.2 Å². The van der Waals surface area contributed by atoms with Crippen molar-refractivity contribution in [3.63, 3.8) is 0 Å². The molecule has 0 saturated heterocycles. The first kappa shape index (κ1) is 41.0. The maximum Gasteiger partial charge on any atom is 0.309 e. The summed E-state index contributed by atoms with van der Waals surface area (Å²) in [5.41, 5.74) is 0.686. The molecule has 1 aromatic rings. The fourth-order valence-corrected chi connectivity index (χ4v) is 4.50. The lowest BCUT2D eigenvalue weighted by Gasteiger charge is -2.38. The number of rotatable bonds is 23.